The Hall–Kier alpha value is -2.84. The predicted molar refractivity (Wildman–Crippen MR) is 110 cm³/mol. The first-order valence-electron chi connectivity index (χ1n) is 8.91. The number of sulfonamides is 1. The summed E-state index contributed by atoms with van der Waals surface area (Å²) < 4.78 is 30.6. The minimum atomic E-state index is -3.36. The summed E-state index contributed by atoms with van der Waals surface area (Å²) in [4.78, 5) is 14.7. The number of carbonyl (C=O) groups is 1. The molecule has 1 aliphatic heterocycles. The molecule has 9 heteroatoms. The summed E-state index contributed by atoms with van der Waals surface area (Å²) in [5.74, 6) is 0.506. The van der Waals surface area contributed by atoms with Gasteiger partial charge in [-0.25, -0.2) is 8.42 Å². The Morgan fingerprint density at radius 2 is 1.83 bits per heavy atom. The molecule has 0 saturated heterocycles. The fourth-order valence-electron chi connectivity index (χ4n) is 3.29. The van der Waals surface area contributed by atoms with Crippen molar-refractivity contribution in [3.05, 3.63) is 70.4 Å². The molecule has 0 fully saturated rings. The van der Waals surface area contributed by atoms with Crippen LogP contribution in [0.4, 0.5) is 5.69 Å². The number of hydrogen-bond donors (Lipinski definition) is 1. The Morgan fingerprint density at radius 3 is 2.48 bits per heavy atom. The third-order valence-corrected chi connectivity index (χ3v) is 5.52. The van der Waals surface area contributed by atoms with Crippen LogP contribution in [0.5, 0.6) is 0 Å². The molecule has 0 spiro atoms. The lowest BCUT2D eigenvalue weighted by molar-refractivity contribution is 0.0734. The van der Waals surface area contributed by atoms with Gasteiger partial charge in [-0.15, -0.1) is 0 Å². The van der Waals surface area contributed by atoms with Crippen molar-refractivity contribution < 1.29 is 17.7 Å². The van der Waals surface area contributed by atoms with Crippen LogP contribution in [0.3, 0.4) is 0 Å². The molecule has 2 aromatic carbocycles. The largest absolute Gasteiger partial charge is 0.356 e. The molecule has 0 saturated carbocycles. The van der Waals surface area contributed by atoms with Crippen molar-refractivity contribution in [2.75, 3.05) is 17.5 Å². The molecule has 0 atom stereocenters. The smallest absolute Gasteiger partial charge is 0.254 e. The maximum atomic E-state index is 12.9. The number of rotatable bonds is 4. The van der Waals surface area contributed by atoms with Crippen LogP contribution in [0.25, 0.3) is 11.3 Å². The maximum absolute atomic E-state index is 12.9. The van der Waals surface area contributed by atoms with Gasteiger partial charge >= 0.3 is 0 Å². The summed E-state index contributed by atoms with van der Waals surface area (Å²) in [6.45, 7) is 0.917. The van der Waals surface area contributed by atoms with Crippen LogP contribution in [0.2, 0.25) is 5.02 Å². The molecule has 1 aromatic heterocycles. The number of anilines is 1. The molecular weight excluding hydrogens is 414 g/mol. The molecule has 0 bridgehead atoms. The third-order valence-electron chi connectivity index (χ3n) is 4.67. The SMILES string of the molecule is CS(=O)(=O)Nc1ccc(C(=O)N2CCc3noc(-c4ccc(Cl)cc4)c3C2)cc1. The van der Waals surface area contributed by atoms with Gasteiger partial charge in [0.1, 0.15) is 0 Å². The minimum Gasteiger partial charge on any atom is -0.356 e. The summed E-state index contributed by atoms with van der Waals surface area (Å²) in [5, 5.41) is 4.79. The molecule has 2 heterocycles. The molecule has 1 N–H and O–H groups in total. The second kappa shape index (κ2) is 7.53. The van der Waals surface area contributed by atoms with E-state index >= 15 is 0 Å². The minimum absolute atomic E-state index is 0.134. The molecule has 0 radical (unpaired) electrons. The van der Waals surface area contributed by atoms with Gasteiger partial charge in [-0.1, -0.05) is 16.8 Å². The molecule has 3 aromatic rings. The van der Waals surface area contributed by atoms with E-state index in [9.17, 15) is 13.2 Å². The zero-order valence-electron chi connectivity index (χ0n) is 15.6. The van der Waals surface area contributed by atoms with Crippen molar-refractivity contribution in [1.82, 2.24) is 10.1 Å². The third kappa shape index (κ3) is 4.28. The molecule has 0 aliphatic carbocycles. The van der Waals surface area contributed by atoms with Gasteiger partial charge in [-0.2, -0.15) is 0 Å². The van der Waals surface area contributed by atoms with Gasteiger partial charge in [0.25, 0.3) is 5.91 Å². The quantitative estimate of drug-likeness (QED) is 0.681. The Balaban J connectivity index is 1.54. The van der Waals surface area contributed by atoms with Crippen LogP contribution in [-0.2, 0) is 23.0 Å². The summed E-state index contributed by atoms with van der Waals surface area (Å²) in [7, 11) is -3.36. The van der Waals surface area contributed by atoms with Crippen molar-refractivity contribution in [2.24, 2.45) is 0 Å². The fourth-order valence-corrected chi connectivity index (χ4v) is 3.98. The Kier molecular flexibility index (Phi) is 5.06. The number of aromatic nitrogens is 1. The van der Waals surface area contributed by atoms with Crippen molar-refractivity contribution in [2.45, 2.75) is 13.0 Å². The number of fused-ring (bicyclic) bond motifs is 1. The lowest BCUT2D eigenvalue weighted by atomic mass is 10.0. The van der Waals surface area contributed by atoms with E-state index in [2.05, 4.69) is 9.88 Å². The summed E-state index contributed by atoms with van der Waals surface area (Å²) in [6.07, 6.45) is 1.68. The second-order valence-corrected chi connectivity index (χ2v) is 9.06. The van der Waals surface area contributed by atoms with E-state index in [1.165, 1.54) is 0 Å². The van der Waals surface area contributed by atoms with Gasteiger partial charge in [0.05, 0.1) is 18.5 Å². The fraction of sp³-hybridized carbons (Fsp3) is 0.200. The monoisotopic (exact) mass is 431 g/mol. The zero-order valence-corrected chi connectivity index (χ0v) is 17.1. The lowest BCUT2D eigenvalue weighted by Crippen LogP contribution is -2.35. The van der Waals surface area contributed by atoms with Crippen molar-refractivity contribution in [3.63, 3.8) is 0 Å². The average Bonchev–Trinajstić information content (AvgIpc) is 3.10. The van der Waals surface area contributed by atoms with Crippen LogP contribution in [0, 0.1) is 0 Å². The lowest BCUT2D eigenvalue weighted by Gasteiger charge is -2.26. The van der Waals surface area contributed by atoms with E-state index in [0.29, 0.717) is 41.5 Å². The number of hydrogen-bond acceptors (Lipinski definition) is 5. The second-order valence-electron chi connectivity index (χ2n) is 6.87. The molecule has 0 unspecified atom stereocenters. The van der Waals surface area contributed by atoms with Gasteiger partial charge in [0, 0.05) is 40.4 Å². The van der Waals surface area contributed by atoms with Gasteiger partial charge < -0.3 is 9.42 Å². The summed E-state index contributed by atoms with van der Waals surface area (Å²) >= 11 is 5.96. The Bertz CT molecular complexity index is 1160. The van der Waals surface area contributed by atoms with E-state index in [1.807, 2.05) is 12.1 Å². The normalized spacial score (nSPS) is 13.8. The highest BCUT2D eigenvalue weighted by Crippen LogP contribution is 2.31. The first-order valence-corrected chi connectivity index (χ1v) is 11.2. The van der Waals surface area contributed by atoms with E-state index in [1.54, 1.807) is 41.3 Å². The van der Waals surface area contributed by atoms with E-state index < -0.39 is 10.0 Å². The Labute approximate surface area is 173 Å². The zero-order chi connectivity index (χ0) is 20.6. The number of nitrogens with one attached hydrogen (secondary N) is 1. The molecule has 4 rings (SSSR count). The van der Waals surface area contributed by atoms with Gasteiger partial charge in [0.2, 0.25) is 10.0 Å². The van der Waals surface area contributed by atoms with Crippen molar-refractivity contribution >= 4 is 33.2 Å². The summed E-state index contributed by atoms with van der Waals surface area (Å²) in [6, 6.07) is 13.6. The van der Waals surface area contributed by atoms with E-state index in [4.69, 9.17) is 16.1 Å². The van der Waals surface area contributed by atoms with Gasteiger partial charge in [-0.3, -0.25) is 9.52 Å². The van der Waals surface area contributed by atoms with Crippen LogP contribution >= 0.6 is 11.6 Å². The average molecular weight is 432 g/mol. The van der Waals surface area contributed by atoms with Gasteiger partial charge in [0.15, 0.2) is 5.76 Å². The number of amides is 1. The van der Waals surface area contributed by atoms with Crippen LogP contribution < -0.4 is 4.72 Å². The maximum Gasteiger partial charge on any atom is 0.254 e. The van der Waals surface area contributed by atoms with E-state index in [0.717, 1.165) is 23.1 Å². The molecular formula is C20H18ClN3O4S. The molecule has 29 heavy (non-hydrogen) atoms. The standard InChI is InChI=1S/C20H18ClN3O4S/c1-29(26,27)23-16-8-4-14(5-9-16)20(25)24-11-10-18-17(12-24)19(28-22-18)13-2-6-15(21)7-3-13/h2-9,23H,10-12H2,1H3. The number of halogens is 1. The molecule has 1 amide bonds. The first-order chi connectivity index (χ1) is 13.8. The summed E-state index contributed by atoms with van der Waals surface area (Å²) in [5.41, 5.74) is 3.49. The molecule has 1 aliphatic rings. The highest BCUT2D eigenvalue weighted by atomic mass is 35.5. The van der Waals surface area contributed by atoms with Crippen LogP contribution in [-0.4, -0.2) is 37.2 Å². The number of carbonyl (C=O) groups excluding carboxylic acids is 1. The highest BCUT2D eigenvalue weighted by Gasteiger charge is 2.28. The van der Waals surface area contributed by atoms with Crippen molar-refractivity contribution in [3.8, 4) is 11.3 Å². The first kappa shape index (κ1) is 19.5. The molecule has 7 nitrogen and oxygen atoms in total. The van der Waals surface area contributed by atoms with Gasteiger partial charge in [-0.05, 0) is 48.5 Å². The predicted octanol–water partition coefficient (Wildman–Crippen LogP) is 3.57. The van der Waals surface area contributed by atoms with Crippen LogP contribution in [0.1, 0.15) is 21.6 Å². The van der Waals surface area contributed by atoms with Crippen LogP contribution in [0.15, 0.2) is 53.1 Å². The van der Waals surface area contributed by atoms with E-state index in [-0.39, 0.29) is 5.91 Å². The van der Waals surface area contributed by atoms with Crippen molar-refractivity contribution in [1.29, 1.82) is 0 Å². The Morgan fingerprint density at radius 1 is 1.14 bits per heavy atom. The molecule has 150 valence electrons. The number of nitrogens with zero attached hydrogens (tertiary/aromatic N) is 2. The number of benzene rings is 2. The topological polar surface area (TPSA) is 92.5 Å². The highest BCUT2D eigenvalue weighted by molar-refractivity contribution is 7.92.